The van der Waals surface area contributed by atoms with Gasteiger partial charge in [-0.15, -0.1) is 0 Å². The molecule has 1 fully saturated rings. The van der Waals surface area contributed by atoms with Crippen molar-refractivity contribution in [3.8, 4) is 5.75 Å². The van der Waals surface area contributed by atoms with Crippen molar-refractivity contribution < 1.29 is 22.7 Å². The molecule has 1 saturated heterocycles. The van der Waals surface area contributed by atoms with Gasteiger partial charge in [-0.1, -0.05) is 0 Å². The number of carbonyl (C=O) groups is 1. The van der Waals surface area contributed by atoms with Crippen LogP contribution in [0.5, 0.6) is 5.75 Å². The van der Waals surface area contributed by atoms with Crippen LogP contribution in [0.15, 0.2) is 29.2 Å². The monoisotopic (exact) mass is 355 g/mol. The Balaban J connectivity index is 1.86. The molecule has 1 amide bonds. The van der Waals surface area contributed by atoms with Gasteiger partial charge in [0.2, 0.25) is 0 Å². The lowest BCUT2D eigenvalue weighted by molar-refractivity contribution is 0.0126. The normalized spacial score (nSPS) is 16.8. The van der Waals surface area contributed by atoms with E-state index >= 15 is 0 Å². The highest BCUT2D eigenvalue weighted by Crippen LogP contribution is 2.22. The van der Waals surface area contributed by atoms with Crippen LogP contribution < -0.4 is 4.74 Å². The molecule has 1 heterocycles. The maximum Gasteiger partial charge on any atom is 0.410 e. The molecular formula is C17H25NO5S. The molecule has 0 aromatic heterocycles. The largest absolute Gasteiger partial charge is 0.490 e. The maximum absolute atomic E-state index is 12.0. The van der Waals surface area contributed by atoms with E-state index < -0.39 is 15.4 Å². The molecule has 1 aromatic carbocycles. The molecule has 24 heavy (non-hydrogen) atoms. The Hall–Kier alpha value is -1.76. The predicted octanol–water partition coefficient (Wildman–Crippen LogP) is 2.87. The van der Waals surface area contributed by atoms with Gasteiger partial charge in [-0.2, -0.15) is 0 Å². The SMILES string of the molecule is CC(C)(C)OC(=O)N1CCC(Oc2ccc(S(C)(=O)=O)cc2)CC1. The summed E-state index contributed by atoms with van der Waals surface area (Å²) in [5, 5.41) is 0. The first-order valence-electron chi connectivity index (χ1n) is 7.99. The summed E-state index contributed by atoms with van der Waals surface area (Å²) < 4.78 is 34.1. The molecule has 2 rings (SSSR count). The van der Waals surface area contributed by atoms with Gasteiger partial charge in [0.15, 0.2) is 9.84 Å². The van der Waals surface area contributed by atoms with E-state index in [9.17, 15) is 13.2 Å². The van der Waals surface area contributed by atoms with E-state index in [0.717, 1.165) is 0 Å². The van der Waals surface area contributed by atoms with Crippen molar-refractivity contribution in [2.24, 2.45) is 0 Å². The van der Waals surface area contributed by atoms with Crippen molar-refractivity contribution in [2.75, 3.05) is 19.3 Å². The molecule has 0 unspecified atom stereocenters. The van der Waals surface area contributed by atoms with Gasteiger partial charge in [-0.05, 0) is 45.0 Å². The number of rotatable bonds is 3. The van der Waals surface area contributed by atoms with Crippen LogP contribution in [0.4, 0.5) is 4.79 Å². The third-order valence-electron chi connectivity index (χ3n) is 3.65. The Kier molecular flexibility index (Phi) is 5.42. The van der Waals surface area contributed by atoms with Crippen LogP contribution in [0.3, 0.4) is 0 Å². The van der Waals surface area contributed by atoms with Crippen LogP contribution >= 0.6 is 0 Å². The molecule has 0 radical (unpaired) electrons. The second-order valence-corrected chi connectivity index (χ2v) is 9.04. The first kappa shape index (κ1) is 18.6. The first-order valence-corrected chi connectivity index (χ1v) is 9.88. The lowest BCUT2D eigenvalue weighted by Gasteiger charge is -2.33. The Morgan fingerprint density at radius 3 is 2.12 bits per heavy atom. The molecule has 0 spiro atoms. The fourth-order valence-corrected chi connectivity index (χ4v) is 3.07. The summed E-state index contributed by atoms with van der Waals surface area (Å²) in [6.45, 7) is 6.71. The van der Waals surface area contributed by atoms with Gasteiger partial charge in [0.05, 0.1) is 4.90 Å². The molecule has 134 valence electrons. The minimum atomic E-state index is -3.20. The Bertz CT molecular complexity index is 668. The molecular weight excluding hydrogens is 330 g/mol. The fraction of sp³-hybridized carbons (Fsp3) is 0.588. The highest BCUT2D eigenvalue weighted by atomic mass is 32.2. The summed E-state index contributed by atoms with van der Waals surface area (Å²) in [5.74, 6) is 0.637. The van der Waals surface area contributed by atoms with Crippen molar-refractivity contribution >= 4 is 15.9 Å². The second kappa shape index (κ2) is 7.01. The quantitative estimate of drug-likeness (QED) is 0.833. The van der Waals surface area contributed by atoms with Gasteiger partial charge >= 0.3 is 6.09 Å². The van der Waals surface area contributed by atoms with Crippen LogP contribution in [-0.4, -0.2) is 50.5 Å². The number of ether oxygens (including phenoxy) is 2. The third kappa shape index (κ3) is 5.40. The molecule has 0 atom stereocenters. The number of nitrogens with zero attached hydrogens (tertiary/aromatic N) is 1. The van der Waals surface area contributed by atoms with Crippen LogP contribution in [0.2, 0.25) is 0 Å². The molecule has 0 N–H and O–H groups in total. The molecule has 0 saturated carbocycles. The molecule has 1 aliphatic rings. The molecule has 7 heteroatoms. The van der Waals surface area contributed by atoms with Crippen molar-refractivity contribution in [3.63, 3.8) is 0 Å². The molecule has 0 bridgehead atoms. The maximum atomic E-state index is 12.0. The Labute approximate surface area is 143 Å². The number of amides is 1. The minimum Gasteiger partial charge on any atom is -0.490 e. The summed E-state index contributed by atoms with van der Waals surface area (Å²) >= 11 is 0. The summed E-state index contributed by atoms with van der Waals surface area (Å²) in [5.41, 5.74) is -0.494. The average molecular weight is 355 g/mol. The zero-order chi connectivity index (χ0) is 18.0. The number of hydrogen-bond donors (Lipinski definition) is 0. The van der Waals surface area contributed by atoms with Gasteiger partial charge in [0, 0.05) is 32.2 Å². The average Bonchev–Trinajstić information content (AvgIpc) is 2.46. The summed E-state index contributed by atoms with van der Waals surface area (Å²) in [6.07, 6.45) is 2.32. The van der Waals surface area contributed by atoms with E-state index in [4.69, 9.17) is 9.47 Å². The Morgan fingerprint density at radius 1 is 1.12 bits per heavy atom. The number of carbonyl (C=O) groups excluding carboxylic acids is 1. The van der Waals surface area contributed by atoms with E-state index in [-0.39, 0.29) is 17.1 Å². The second-order valence-electron chi connectivity index (χ2n) is 7.03. The van der Waals surface area contributed by atoms with E-state index in [1.807, 2.05) is 20.8 Å². The van der Waals surface area contributed by atoms with Crippen molar-refractivity contribution in [1.29, 1.82) is 0 Å². The van der Waals surface area contributed by atoms with Gasteiger partial charge in [0.1, 0.15) is 17.5 Å². The number of hydrogen-bond acceptors (Lipinski definition) is 5. The molecule has 1 aromatic rings. The van der Waals surface area contributed by atoms with Crippen LogP contribution in [0.1, 0.15) is 33.6 Å². The molecule has 6 nitrogen and oxygen atoms in total. The summed E-state index contributed by atoms with van der Waals surface area (Å²) in [7, 11) is -3.20. The highest BCUT2D eigenvalue weighted by Gasteiger charge is 2.27. The highest BCUT2D eigenvalue weighted by molar-refractivity contribution is 7.90. The van der Waals surface area contributed by atoms with E-state index in [0.29, 0.717) is 31.7 Å². The zero-order valence-electron chi connectivity index (χ0n) is 14.6. The van der Waals surface area contributed by atoms with Crippen molar-refractivity contribution in [2.45, 2.75) is 50.2 Å². The number of likely N-dealkylation sites (tertiary alicyclic amines) is 1. The van der Waals surface area contributed by atoms with Crippen molar-refractivity contribution in [3.05, 3.63) is 24.3 Å². The smallest absolute Gasteiger partial charge is 0.410 e. The van der Waals surface area contributed by atoms with Crippen molar-refractivity contribution in [1.82, 2.24) is 4.90 Å². The standard InChI is InChI=1S/C17H25NO5S/c1-17(2,3)23-16(19)18-11-9-14(10-12-18)22-13-5-7-15(8-6-13)24(4,20)21/h5-8,14H,9-12H2,1-4H3. The minimum absolute atomic E-state index is 0.00719. The topological polar surface area (TPSA) is 72.9 Å². The summed E-state index contributed by atoms with van der Waals surface area (Å²) in [6, 6.07) is 6.41. The number of piperidine rings is 1. The lowest BCUT2D eigenvalue weighted by atomic mass is 10.1. The van der Waals surface area contributed by atoms with E-state index in [1.165, 1.54) is 6.26 Å². The zero-order valence-corrected chi connectivity index (χ0v) is 15.4. The van der Waals surface area contributed by atoms with E-state index in [2.05, 4.69) is 0 Å². The van der Waals surface area contributed by atoms with Gasteiger partial charge < -0.3 is 14.4 Å². The molecule has 0 aliphatic carbocycles. The fourth-order valence-electron chi connectivity index (χ4n) is 2.44. The van der Waals surface area contributed by atoms with E-state index in [1.54, 1.807) is 29.2 Å². The molecule has 1 aliphatic heterocycles. The van der Waals surface area contributed by atoms with Gasteiger partial charge in [-0.25, -0.2) is 13.2 Å². The van der Waals surface area contributed by atoms with Crippen LogP contribution in [-0.2, 0) is 14.6 Å². The third-order valence-corrected chi connectivity index (χ3v) is 4.78. The van der Waals surface area contributed by atoms with Gasteiger partial charge in [-0.3, -0.25) is 0 Å². The lowest BCUT2D eigenvalue weighted by Crippen LogP contribution is -2.44. The first-order chi connectivity index (χ1) is 11.0. The summed E-state index contributed by atoms with van der Waals surface area (Å²) in [4.78, 5) is 14.0. The number of benzene rings is 1. The van der Waals surface area contributed by atoms with Gasteiger partial charge in [0.25, 0.3) is 0 Å². The number of sulfone groups is 1. The predicted molar refractivity (Wildman–Crippen MR) is 91.0 cm³/mol. The van der Waals surface area contributed by atoms with Crippen LogP contribution in [0.25, 0.3) is 0 Å². The van der Waals surface area contributed by atoms with Crippen LogP contribution in [0, 0.1) is 0 Å². The Morgan fingerprint density at radius 2 is 1.67 bits per heavy atom.